The van der Waals surface area contributed by atoms with Gasteiger partial charge in [0.25, 0.3) is 0 Å². The molecule has 0 amide bonds. The van der Waals surface area contributed by atoms with Crippen LogP contribution in [0.15, 0.2) is 49.6 Å². The Bertz CT molecular complexity index is 299. The second-order valence-electron chi connectivity index (χ2n) is 2.57. The van der Waals surface area contributed by atoms with Crippen molar-refractivity contribution < 1.29 is 14.0 Å². The number of aliphatic carboxylic acids is 1. The van der Waals surface area contributed by atoms with Gasteiger partial charge in [-0.25, -0.2) is 4.79 Å². The van der Waals surface area contributed by atoms with E-state index in [4.69, 9.17) is 5.11 Å². The lowest BCUT2D eigenvalue weighted by Crippen LogP contribution is -1.82. The van der Waals surface area contributed by atoms with E-state index in [1.807, 2.05) is 36.4 Å². The van der Waals surface area contributed by atoms with Gasteiger partial charge in [-0.3, -0.25) is 0 Å². The predicted molar refractivity (Wildman–Crippen MR) is 75.3 cm³/mol. The van der Waals surface area contributed by atoms with Crippen molar-refractivity contribution in [2.75, 3.05) is 0 Å². The lowest BCUT2D eigenvalue weighted by Gasteiger charge is -1.85. The maximum atomic E-state index is 9.25. The molecule has 88 valence electrons. The second-order valence-corrected chi connectivity index (χ2v) is 5.83. The van der Waals surface area contributed by atoms with Gasteiger partial charge in [-0.2, -0.15) is 0 Å². The summed E-state index contributed by atoms with van der Waals surface area (Å²) < 4.78 is 4.53. The minimum absolute atomic E-state index is 0.833. The summed E-state index contributed by atoms with van der Waals surface area (Å²) >= 11 is 0. The smallest absolute Gasteiger partial charge is 0.327 e. The van der Waals surface area contributed by atoms with Crippen LogP contribution in [0.2, 0.25) is 0 Å². The highest BCUT2D eigenvalue weighted by atomic mass is 28.3. The Morgan fingerprint density at radius 3 is 1.81 bits per heavy atom. The Kier molecular flexibility index (Phi) is 14.4. The molecule has 0 bridgehead atoms. The Hall–Kier alpha value is -1.44. The average molecular weight is 254 g/mol. The first kappa shape index (κ1) is 17.0. The number of hydrogen-bond donors (Lipinski definition) is 1. The summed E-state index contributed by atoms with van der Waals surface area (Å²) in [6, 6.07) is 10.0. The molecule has 0 saturated heterocycles. The maximum absolute atomic E-state index is 9.25. The molecule has 1 aromatic carbocycles. The van der Waals surface area contributed by atoms with E-state index in [0.717, 1.165) is 27.0 Å². The number of benzene rings is 1. The minimum Gasteiger partial charge on any atom is -0.478 e. The van der Waals surface area contributed by atoms with Gasteiger partial charge in [-0.05, 0) is 5.56 Å². The molecule has 0 aromatic heterocycles. The van der Waals surface area contributed by atoms with E-state index < -0.39 is 5.97 Å². The average Bonchev–Trinajstić information content (AvgIpc) is 2.32. The summed E-state index contributed by atoms with van der Waals surface area (Å²) in [6.45, 7) is 6.59. The van der Waals surface area contributed by atoms with Gasteiger partial charge in [0.2, 0.25) is 0 Å². The molecule has 0 fully saturated rings. The van der Waals surface area contributed by atoms with E-state index in [-0.39, 0.29) is 0 Å². The maximum Gasteiger partial charge on any atom is 0.327 e. The Morgan fingerprint density at radius 1 is 1.25 bits per heavy atom. The molecule has 0 heterocycles. The summed E-state index contributed by atoms with van der Waals surface area (Å²) in [5, 5.41) is 7.60. The van der Waals surface area contributed by atoms with Crippen LogP contribution in [0.4, 0.5) is 0 Å². The Labute approximate surface area is 103 Å². The molecule has 0 atom stereocenters. The molecule has 0 aliphatic rings. The van der Waals surface area contributed by atoms with Crippen LogP contribution >= 0.6 is 0 Å². The fourth-order valence-electron chi connectivity index (χ4n) is 0.589. The van der Waals surface area contributed by atoms with Gasteiger partial charge < -0.3 is 9.22 Å². The van der Waals surface area contributed by atoms with Gasteiger partial charge in [-0.1, -0.05) is 49.6 Å². The number of hydrogen-bond acceptors (Lipinski definition) is 2. The predicted octanol–water partition coefficient (Wildman–Crippen LogP) is 0.150. The third-order valence-corrected chi connectivity index (χ3v) is 1.21. The van der Waals surface area contributed by atoms with Crippen LogP contribution in [-0.4, -0.2) is 32.0 Å². The highest BCUT2D eigenvalue weighted by Crippen LogP contribution is 1.97. The largest absolute Gasteiger partial charge is 0.478 e. The molecule has 1 N–H and O–H groups in total. The van der Waals surface area contributed by atoms with Crippen molar-refractivity contribution in [3.63, 3.8) is 0 Å². The van der Waals surface area contributed by atoms with Crippen molar-refractivity contribution in [1.82, 2.24) is 0 Å². The minimum atomic E-state index is -0.981. The van der Waals surface area contributed by atoms with Crippen LogP contribution in [0, 0.1) is 0 Å². The van der Waals surface area contributed by atoms with Crippen molar-refractivity contribution in [2.24, 2.45) is 0 Å². The summed E-state index contributed by atoms with van der Waals surface area (Å²) in [4.78, 5) is 9.25. The monoisotopic (exact) mass is 254 g/mol. The highest BCUT2D eigenvalue weighted by molar-refractivity contribution is 6.15. The molecule has 0 spiro atoms. The first-order valence-corrected chi connectivity index (χ1v) is 6.18. The summed E-state index contributed by atoms with van der Waals surface area (Å²) in [5.41, 5.74) is 1.17. The van der Waals surface area contributed by atoms with Crippen LogP contribution in [-0.2, 0) is 8.91 Å². The van der Waals surface area contributed by atoms with Crippen LogP contribution in [0.5, 0.6) is 0 Å². The van der Waals surface area contributed by atoms with E-state index in [0.29, 0.717) is 0 Å². The lowest BCUT2D eigenvalue weighted by atomic mass is 10.2. The van der Waals surface area contributed by atoms with Crippen molar-refractivity contribution in [3.05, 3.63) is 55.1 Å². The molecule has 0 saturated carbocycles. The normalized spacial score (nSPS) is 7.75. The molecule has 0 unspecified atom stereocenters. The fraction of sp³-hybridized carbons (Fsp3) is 0. The molecule has 0 aliphatic heterocycles. The van der Waals surface area contributed by atoms with Gasteiger partial charge >= 0.3 is 5.97 Å². The Balaban J connectivity index is 0. The van der Waals surface area contributed by atoms with Crippen LogP contribution in [0.1, 0.15) is 5.56 Å². The molecular formula is C11H18O3Si2. The molecular weight excluding hydrogens is 236 g/mol. The summed E-state index contributed by atoms with van der Waals surface area (Å²) in [5.74, 6) is -0.981. The molecule has 1 rings (SSSR count). The van der Waals surface area contributed by atoms with Gasteiger partial charge in [0, 0.05) is 6.08 Å². The van der Waals surface area contributed by atoms with Crippen LogP contribution < -0.4 is 0 Å². The van der Waals surface area contributed by atoms with Gasteiger partial charge in [0.1, 0.15) is 21.0 Å². The first-order chi connectivity index (χ1) is 7.62. The van der Waals surface area contributed by atoms with Gasteiger partial charge in [0.05, 0.1) is 0 Å². The standard InChI is InChI=1S/C8H8.C3H4O2.H6OSi2/c1-2-8-6-4-3-5-7-8;1-2-3(4)5;2-1-3/h2-7H,1H2;2H,1H2,(H,4,5);2-3H3. The lowest BCUT2D eigenvalue weighted by molar-refractivity contribution is -0.131. The van der Waals surface area contributed by atoms with Crippen molar-refractivity contribution in [3.8, 4) is 0 Å². The number of carboxylic acid groups (broad SMARTS) is 1. The second kappa shape index (κ2) is 13.6. The summed E-state index contributed by atoms with van der Waals surface area (Å²) in [6.07, 6.45) is 2.67. The molecule has 3 nitrogen and oxygen atoms in total. The fourth-order valence-corrected chi connectivity index (χ4v) is 0.589. The number of carboxylic acids is 1. The molecule has 0 aliphatic carbocycles. The van der Waals surface area contributed by atoms with E-state index in [2.05, 4.69) is 17.3 Å². The zero-order valence-electron chi connectivity index (χ0n) is 9.72. The molecule has 0 radical (unpaired) electrons. The van der Waals surface area contributed by atoms with E-state index in [1.54, 1.807) is 0 Å². The van der Waals surface area contributed by atoms with Crippen molar-refractivity contribution in [2.45, 2.75) is 0 Å². The third-order valence-electron chi connectivity index (χ3n) is 1.21. The first-order valence-electron chi connectivity index (χ1n) is 4.55. The van der Waals surface area contributed by atoms with Gasteiger partial charge in [-0.15, -0.1) is 0 Å². The van der Waals surface area contributed by atoms with E-state index in [9.17, 15) is 4.79 Å². The summed E-state index contributed by atoms with van der Waals surface area (Å²) in [7, 11) is 1.86. The quantitative estimate of drug-likeness (QED) is 0.604. The van der Waals surface area contributed by atoms with E-state index in [1.165, 1.54) is 5.56 Å². The van der Waals surface area contributed by atoms with E-state index >= 15 is 0 Å². The molecule has 1 aromatic rings. The third kappa shape index (κ3) is 15.1. The van der Waals surface area contributed by atoms with Crippen LogP contribution in [0.3, 0.4) is 0 Å². The Morgan fingerprint density at radius 2 is 1.62 bits per heavy atom. The van der Waals surface area contributed by atoms with Crippen LogP contribution in [0.25, 0.3) is 6.08 Å². The zero-order chi connectivity index (χ0) is 12.8. The van der Waals surface area contributed by atoms with Crippen molar-refractivity contribution in [1.29, 1.82) is 0 Å². The van der Waals surface area contributed by atoms with Gasteiger partial charge in [0.15, 0.2) is 0 Å². The zero-order valence-corrected chi connectivity index (χ0v) is 13.7. The number of rotatable bonds is 2. The highest BCUT2D eigenvalue weighted by Gasteiger charge is 1.75. The van der Waals surface area contributed by atoms with Crippen molar-refractivity contribution >= 4 is 33.0 Å². The number of carbonyl (C=O) groups is 1. The molecule has 5 heteroatoms. The topological polar surface area (TPSA) is 46.5 Å². The molecule has 16 heavy (non-hydrogen) atoms. The SMILES string of the molecule is C=CC(=O)O.C=Cc1ccccc1.[SiH3]O[SiH3].